The molecule has 2 aromatic rings. The summed E-state index contributed by atoms with van der Waals surface area (Å²) < 4.78 is 6.73. The van der Waals surface area contributed by atoms with Gasteiger partial charge in [-0.25, -0.2) is 4.79 Å². The van der Waals surface area contributed by atoms with Crippen LogP contribution in [-0.2, 0) is 13.6 Å². The van der Waals surface area contributed by atoms with E-state index in [4.69, 9.17) is 4.52 Å². The van der Waals surface area contributed by atoms with Gasteiger partial charge in [-0.2, -0.15) is 5.10 Å². The van der Waals surface area contributed by atoms with Gasteiger partial charge in [0.1, 0.15) is 5.76 Å². The monoisotopic (exact) mass is 304 g/mol. The van der Waals surface area contributed by atoms with Crippen LogP contribution in [0.5, 0.6) is 0 Å². The van der Waals surface area contributed by atoms with Crippen LogP contribution in [0.15, 0.2) is 22.9 Å². The number of hydrogen-bond acceptors (Lipinski definition) is 5. The third kappa shape index (κ3) is 3.45. The van der Waals surface area contributed by atoms with Crippen LogP contribution in [0, 0.1) is 6.92 Å². The van der Waals surface area contributed by atoms with E-state index in [9.17, 15) is 4.79 Å². The van der Waals surface area contributed by atoms with Crippen LogP contribution in [0.25, 0.3) is 0 Å². The molecule has 118 valence electrons. The molecule has 0 aliphatic carbocycles. The van der Waals surface area contributed by atoms with Gasteiger partial charge in [-0.3, -0.25) is 14.9 Å². The van der Waals surface area contributed by atoms with Crippen LogP contribution >= 0.6 is 0 Å². The molecule has 22 heavy (non-hydrogen) atoms. The number of amides is 2. The highest BCUT2D eigenvalue weighted by Crippen LogP contribution is 2.10. The molecule has 1 saturated heterocycles. The van der Waals surface area contributed by atoms with Gasteiger partial charge in [-0.05, 0) is 6.92 Å². The molecule has 3 rings (SSSR count). The van der Waals surface area contributed by atoms with Gasteiger partial charge in [0.05, 0.1) is 5.69 Å². The zero-order chi connectivity index (χ0) is 15.5. The Hall–Kier alpha value is -2.35. The molecule has 3 heterocycles. The topological polar surface area (TPSA) is 79.4 Å². The lowest BCUT2D eigenvalue weighted by molar-refractivity contribution is 0.141. The summed E-state index contributed by atoms with van der Waals surface area (Å²) in [6.07, 6.45) is 1.80. The van der Waals surface area contributed by atoms with Crippen molar-refractivity contribution in [3.05, 3.63) is 29.8 Å². The highest BCUT2D eigenvalue weighted by Gasteiger charge is 2.22. The molecule has 2 amide bonds. The predicted octanol–water partition coefficient (Wildman–Crippen LogP) is 1.07. The maximum absolute atomic E-state index is 12.2. The molecule has 1 aliphatic rings. The third-order valence-electron chi connectivity index (χ3n) is 3.67. The lowest BCUT2D eigenvalue weighted by Crippen LogP contribution is -2.49. The number of anilines is 1. The lowest BCUT2D eigenvalue weighted by atomic mass is 10.3. The van der Waals surface area contributed by atoms with Crippen LogP contribution in [0.2, 0.25) is 0 Å². The molecular formula is C14H20N6O2. The van der Waals surface area contributed by atoms with Gasteiger partial charge >= 0.3 is 6.03 Å². The van der Waals surface area contributed by atoms with Gasteiger partial charge in [0.2, 0.25) is 0 Å². The summed E-state index contributed by atoms with van der Waals surface area (Å²) in [5.41, 5.74) is 0.934. The van der Waals surface area contributed by atoms with Gasteiger partial charge in [-0.1, -0.05) is 5.16 Å². The average molecular weight is 304 g/mol. The molecule has 0 unspecified atom stereocenters. The Labute approximate surface area is 128 Å². The summed E-state index contributed by atoms with van der Waals surface area (Å²) in [5, 5.41) is 11.0. The van der Waals surface area contributed by atoms with Crippen molar-refractivity contribution in [2.24, 2.45) is 7.05 Å². The van der Waals surface area contributed by atoms with E-state index >= 15 is 0 Å². The first-order valence-electron chi connectivity index (χ1n) is 7.30. The van der Waals surface area contributed by atoms with Gasteiger partial charge in [-0.15, -0.1) is 0 Å². The summed E-state index contributed by atoms with van der Waals surface area (Å²) in [7, 11) is 1.82. The van der Waals surface area contributed by atoms with Gasteiger partial charge in [0, 0.05) is 58.1 Å². The number of rotatable bonds is 3. The Morgan fingerprint density at radius 2 is 2.14 bits per heavy atom. The maximum atomic E-state index is 12.2. The quantitative estimate of drug-likeness (QED) is 0.917. The number of urea groups is 1. The number of piperazine rings is 1. The summed E-state index contributed by atoms with van der Waals surface area (Å²) >= 11 is 0. The standard InChI is InChI=1S/C14H20N6O2/c1-11-9-12(17-22-11)10-19-5-7-20(8-6-19)14(21)15-13-3-4-18(2)16-13/h3-4,9H,5-8,10H2,1-2H3,(H,15,16,21). The van der Waals surface area contributed by atoms with Gasteiger partial charge in [0.25, 0.3) is 0 Å². The van der Waals surface area contributed by atoms with Crippen LogP contribution in [-0.4, -0.2) is 56.9 Å². The van der Waals surface area contributed by atoms with E-state index in [0.717, 1.165) is 31.1 Å². The Morgan fingerprint density at radius 3 is 2.73 bits per heavy atom. The first kappa shape index (κ1) is 14.6. The van der Waals surface area contributed by atoms with Crippen LogP contribution in [0.1, 0.15) is 11.5 Å². The molecule has 0 atom stereocenters. The largest absolute Gasteiger partial charge is 0.361 e. The fourth-order valence-corrected chi connectivity index (χ4v) is 2.50. The van der Waals surface area contributed by atoms with Crippen molar-refractivity contribution in [3.8, 4) is 0 Å². The molecular weight excluding hydrogens is 284 g/mol. The second-order valence-electron chi connectivity index (χ2n) is 5.50. The maximum Gasteiger partial charge on any atom is 0.323 e. The van der Waals surface area contributed by atoms with E-state index in [2.05, 4.69) is 20.5 Å². The van der Waals surface area contributed by atoms with E-state index in [1.807, 2.05) is 20.0 Å². The van der Waals surface area contributed by atoms with E-state index in [0.29, 0.717) is 18.9 Å². The van der Waals surface area contributed by atoms with Gasteiger partial charge in [0.15, 0.2) is 5.82 Å². The molecule has 1 aliphatic heterocycles. The van der Waals surface area contributed by atoms with Crippen LogP contribution < -0.4 is 5.32 Å². The lowest BCUT2D eigenvalue weighted by Gasteiger charge is -2.34. The molecule has 8 heteroatoms. The molecule has 2 aromatic heterocycles. The van der Waals surface area contributed by atoms with E-state index in [1.165, 1.54) is 0 Å². The van der Waals surface area contributed by atoms with E-state index in [1.54, 1.807) is 21.8 Å². The second-order valence-corrected chi connectivity index (χ2v) is 5.50. The van der Waals surface area contributed by atoms with Gasteiger partial charge < -0.3 is 9.42 Å². The molecule has 0 spiro atoms. The van der Waals surface area contributed by atoms with Crippen molar-refractivity contribution in [2.75, 3.05) is 31.5 Å². The zero-order valence-corrected chi connectivity index (χ0v) is 12.8. The smallest absolute Gasteiger partial charge is 0.323 e. The minimum absolute atomic E-state index is 0.101. The first-order chi connectivity index (χ1) is 10.6. The number of aromatic nitrogens is 3. The zero-order valence-electron chi connectivity index (χ0n) is 12.8. The van der Waals surface area contributed by atoms with Crippen LogP contribution in [0.4, 0.5) is 10.6 Å². The minimum Gasteiger partial charge on any atom is -0.361 e. The van der Waals surface area contributed by atoms with Crippen molar-refractivity contribution >= 4 is 11.8 Å². The molecule has 0 bridgehead atoms. The fraction of sp³-hybridized carbons (Fsp3) is 0.500. The Kier molecular flexibility index (Phi) is 4.10. The molecule has 1 fully saturated rings. The van der Waals surface area contributed by atoms with Crippen molar-refractivity contribution in [1.82, 2.24) is 24.7 Å². The molecule has 0 saturated carbocycles. The molecule has 0 aromatic carbocycles. The number of nitrogens with one attached hydrogen (secondary N) is 1. The summed E-state index contributed by atoms with van der Waals surface area (Å²) in [4.78, 5) is 16.2. The highest BCUT2D eigenvalue weighted by atomic mass is 16.5. The SMILES string of the molecule is Cc1cc(CN2CCN(C(=O)Nc3ccn(C)n3)CC2)no1. The molecule has 8 nitrogen and oxygen atoms in total. The Bertz CT molecular complexity index is 641. The Balaban J connectivity index is 1.47. The van der Waals surface area contributed by atoms with Crippen LogP contribution in [0.3, 0.4) is 0 Å². The van der Waals surface area contributed by atoms with Crippen molar-refractivity contribution in [2.45, 2.75) is 13.5 Å². The number of carbonyl (C=O) groups is 1. The predicted molar refractivity (Wildman–Crippen MR) is 80.3 cm³/mol. The van der Waals surface area contributed by atoms with E-state index in [-0.39, 0.29) is 6.03 Å². The Morgan fingerprint density at radius 1 is 1.36 bits per heavy atom. The summed E-state index contributed by atoms with van der Waals surface area (Å²) in [6, 6.07) is 3.62. The first-order valence-corrected chi connectivity index (χ1v) is 7.30. The minimum atomic E-state index is -0.101. The molecule has 0 radical (unpaired) electrons. The summed E-state index contributed by atoms with van der Waals surface area (Å²) in [6.45, 7) is 5.66. The van der Waals surface area contributed by atoms with Crippen molar-refractivity contribution < 1.29 is 9.32 Å². The van der Waals surface area contributed by atoms with Crippen molar-refractivity contribution in [1.29, 1.82) is 0 Å². The number of nitrogens with zero attached hydrogens (tertiary/aromatic N) is 5. The highest BCUT2D eigenvalue weighted by molar-refractivity contribution is 5.88. The average Bonchev–Trinajstić information content (AvgIpc) is 3.08. The van der Waals surface area contributed by atoms with Crippen molar-refractivity contribution in [3.63, 3.8) is 0 Å². The summed E-state index contributed by atoms with van der Waals surface area (Å²) in [5.74, 6) is 1.40. The number of hydrogen-bond donors (Lipinski definition) is 1. The molecule has 1 N–H and O–H groups in total. The third-order valence-corrected chi connectivity index (χ3v) is 3.67. The number of aryl methyl sites for hydroxylation is 2. The normalized spacial score (nSPS) is 16.0. The van der Waals surface area contributed by atoms with E-state index < -0.39 is 0 Å². The number of carbonyl (C=O) groups excluding carboxylic acids is 1. The second kappa shape index (κ2) is 6.18. The fourth-order valence-electron chi connectivity index (χ4n) is 2.50.